The largest absolute Gasteiger partial charge is 0.555 e. The van der Waals surface area contributed by atoms with E-state index in [0.29, 0.717) is 0 Å². The van der Waals surface area contributed by atoms with Crippen LogP contribution in [0.1, 0.15) is 6.23 Å². The van der Waals surface area contributed by atoms with E-state index in [1.165, 1.54) is 0 Å². The van der Waals surface area contributed by atoms with Crippen LogP contribution in [0.2, 0.25) is 0 Å². The first-order valence-electron chi connectivity index (χ1n) is 8.26. The molecule has 2 aromatic heterocycles. The zero-order valence-corrected chi connectivity index (χ0v) is 18.4. The first kappa shape index (κ1) is 25.9. The fourth-order valence-corrected chi connectivity index (χ4v) is 5.73. The summed E-state index contributed by atoms with van der Waals surface area (Å²) in [4.78, 5) is 55.8. The summed E-state index contributed by atoms with van der Waals surface area (Å²) in [7, 11) is -17.3. The van der Waals surface area contributed by atoms with Gasteiger partial charge < -0.3 is 45.1 Å². The van der Waals surface area contributed by atoms with E-state index in [1.807, 2.05) is 0 Å². The molecule has 1 fully saturated rings. The predicted octanol–water partition coefficient (Wildman–Crippen LogP) is -3.46. The van der Waals surface area contributed by atoms with Gasteiger partial charge in [0, 0.05) is 0 Å². The Morgan fingerprint density at radius 1 is 1.09 bits per heavy atom. The fraction of sp³-hybridized carbons (Fsp3) is 0.500. The Bertz CT molecular complexity index is 1250. The molecule has 0 aliphatic carbocycles. The van der Waals surface area contributed by atoms with Crippen LogP contribution < -0.4 is 15.9 Å². The smallest absolute Gasteiger partial charge is 0.394 e. The second-order valence-electron chi connectivity index (χ2n) is 6.30. The number of aliphatic hydroxyl groups excluding tert-OH is 3. The van der Waals surface area contributed by atoms with Crippen molar-refractivity contribution in [2.24, 2.45) is 0 Å². The van der Waals surface area contributed by atoms with E-state index in [9.17, 15) is 38.7 Å². The number of fused-ring (bicyclic) bond motifs is 1. The number of rotatable bonds is 8. The molecule has 3 rings (SSSR count). The molecule has 1 aliphatic rings. The molecule has 0 radical (unpaired) electrons. The highest BCUT2D eigenvalue weighted by Crippen LogP contribution is 2.65. The Balaban J connectivity index is 1.94. The van der Waals surface area contributed by atoms with E-state index < -0.39 is 71.6 Å². The maximum atomic E-state index is 12.6. The molecule has 6 atom stereocenters. The Morgan fingerprint density at radius 3 is 2.27 bits per heavy atom. The molecule has 23 heteroatoms. The summed E-state index contributed by atoms with van der Waals surface area (Å²) < 4.78 is 51.4. The maximum absolute atomic E-state index is 12.6. The van der Waals surface area contributed by atoms with Crippen LogP contribution in [0.5, 0.6) is 0 Å². The lowest BCUT2D eigenvalue weighted by molar-refractivity contribution is -0.0511. The second-order valence-corrected chi connectivity index (χ2v) is 10.6. The standard InChI is InChI=1S/C10H16N5O15P3/c11-10-13-7-4(12-2-14(7)9-6(18)5(17)3(1-16)27-9)8(19)15(10)28-32(23,24)30-33(25,26)29-31(20,21)22/h2-3,5-6,9,16-18H,1H2,(H2,11,13)(H,23,24)(H,25,26)(H2,20,21,22)/t3-,5-,6-,9-/m1/s1. The minimum Gasteiger partial charge on any atom is -0.394 e. The van der Waals surface area contributed by atoms with Gasteiger partial charge in [-0.2, -0.15) is 13.6 Å². The van der Waals surface area contributed by atoms with Crippen LogP contribution in [-0.4, -0.2) is 79.1 Å². The highest BCUT2D eigenvalue weighted by Gasteiger charge is 2.45. The molecule has 1 saturated heterocycles. The highest BCUT2D eigenvalue weighted by molar-refractivity contribution is 7.66. The van der Waals surface area contributed by atoms with Crippen LogP contribution in [0.3, 0.4) is 0 Å². The van der Waals surface area contributed by atoms with Gasteiger partial charge in [0.2, 0.25) is 5.95 Å². The van der Waals surface area contributed by atoms with E-state index in [4.69, 9.17) is 25.2 Å². The molecule has 0 bridgehead atoms. The molecule has 33 heavy (non-hydrogen) atoms. The molecule has 2 aromatic rings. The molecular weight excluding hydrogens is 523 g/mol. The van der Waals surface area contributed by atoms with Crippen molar-refractivity contribution in [2.45, 2.75) is 24.5 Å². The fourth-order valence-electron chi connectivity index (χ4n) is 2.74. The lowest BCUT2D eigenvalue weighted by Crippen LogP contribution is -2.33. The molecule has 0 amide bonds. The summed E-state index contributed by atoms with van der Waals surface area (Å²) >= 11 is 0. The zero-order chi connectivity index (χ0) is 24.9. The molecule has 1 aliphatic heterocycles. The van der Waals surface area contributed by atoms with Gasteiger partial charge in [0.1, 0.15) is 18.3 Å². The quantitative estimate of drug-likeness (QED) is 0.151. The summed E-state index contributed by atoms with van der Waals surface area (Å²) in [5.41, 5.74) is 3.19. The van der Waals surface area contributed by atoms with Gasteiger partial charge in [-0.25, -0.2) is 18.7 Å². The molecule has 0 spiro atoms. The van der Waals surface area contributed by atoms with Gasteiger partial charge in [-0.1, -0.05) is 4.73 Å². The van der Waals surface area contributed by atoms with Crippen molar-refractivity contribution in [1.82, 2.24) is 19.3 Å². The normalized spacial score (nSPS) is 27.4. The second kappa shape index (κ2) is 8.79. The molecule has 3 heterocycles. The first-order valence-corrected chi connectivity index (χ1v) is 12.8. The van der Waals surface area contributed by atoms with Gasteiger partial charge in [0.05, 0.1) is 12.9 Å². The number of aliphatic hydroxyl groups is 3. The number of aromatic nitrogens is 4. The third-order valence-electron chi connectivity index (χ3n) is 3.98. The monoisotopic (exact) mass is 539 g/mol. The summed E-state index contributed by atoms with van der Waals surface area (Å²) in [6, 6.07) is 0. The highest BCUT2D eigenvalue weighted by atomic mass is 31.3. The number of nitrogen functional groups attached to an aromatic ring is 1. The number of hydrogen-bond donors (Lipinski definition) is 8. The summed E-state index contributed by atoms with van der Waals surface area (Å²) in [5, 5.41) is 29.2. The lowest BCUT2D eigenvalue weighted by atomic mass is 10.1. The van der Waals surface area contributed by atoms with Crippen LogP contribution in [0.25, 0.3) is 11.2 Å². The molecule has 186 valence electrons. The van der Waals surface area contributed by atoms with E-state index in [2.05, 4.69) is 23.2 Å². The van der Waals surface area contributed by atoms with Gasteiger partial charge in [0.25, 0.3) is 0 Å². The lowest BCUT2D eigenvalue weighted by Gasteiger charge is -2.18. The SMILES string of the molecule is Nc1nc2c(ncn2[C@@H]2O[C@H](CO)[C@@H](O)[C@H]2O)c(=O)n1OP(=O)(O)OP(=O)(O)OP(=O)(O)O. The van der Waals surface area contributed by atoms with Crippen LogP contribution in [-0.2, 0) is 27.1 Å². The van der Waals surface area contributed by atoms with Crippen molar-refractivity contribution < 1.29 is 66.6 Å². The number of nitrogens with two attached hydrogens (primary N) is 1. The zero-order valence-electron chi connectivity index (χ0n) is 15.7. The number of ether oxygens (including phenoxy) is 1. The maximum Gasteiger partial charge on any atom is 0.555 e. The van der Waals surface area contributed by atoms with Crippen molar-refractivity contribution in [1.29, 1.82) is 0 Å². The molecule has 20 nitrogen and oxygen atoms in total. The third kappa shape index (κ3) is 5.50. The van der Waals surface area contributed by atoms with Gasteiger partial charge in [0.15, 0.2) is 17.4 Å². The minimum absolute atomic E-state index is 0.171. The van der Waals surface area contributed by atoms with Crippen molar-refractivity contribution >= 4 is 40.6 Å². The number of imidazole rings is 1. The van der Waals surface area contributed by atoms with Crippen molar-refractivity contribution in [3.8, 4) is 0 Å². The average Bonchev–Trinajstić information content (AvgIpc) is 3.17. The Labute approximate surface area is 180 Å². The third-order valence-corrected chi connectivity index (χ3v) is 7.67. The average molecular weight is 539 g/mol. The molecule has 0 aromatic carbocycles. The van der Waals surface area contributed by atoms with Crippen molar-refractivity contribution in [2.75, 3.05) is 12.3 Å². The number of anilines is 1. The molecular formula is C10H16N5O15P3. The van der Waals surface area contributed by atoms with Gasteiger partial charge in [-0.3, -0.25) is 14.3 Å². The van der Waals surface area contributed by atoms with Gasteiger partial charge in [-0.15, -0.1) is 0 Å². The van der Waals surface area contributed by atoms with Crippen molar-refractivity contribution in [3.63, 3.8) is 0 Å². The number of hydrogen-bond acceptors (Lipinski definition) is 14. The van der Waals surface area contributed by atoms with Crippen LogP contribution in [0, 0.1) is 0 Å². The van der Waals surface area contributed by atoms with Crippen LogP contribution in [0.4, 0.5) is 5.95 Å². The summed E-state index contributed by atoms with van der Waals surface area (Å²) in [5.74, 6) is -0.956. The predicted molar refractivity (Wildman–Crippen MR) is 99.7 cm³/mol. The minimum atomic E-state index is -5.87. The Hall–Kier alpha value is -1.76. The van der Waals surface area contributed by atoms with Crippen molar-refractivity contribution in [3.05, 3.63) is 16.7 Å². The topological polar surface area (TPSA) is 308 Å². The molecule has 2 unspecified atom stereocenters. The van der Waals surface area contributed by atoms with E-state index >= 15 is 0 Å². The Morgan fingerprint density at radius 2 is 1.73 bits per heavy atom. The Kier molecular flexibility index (Phi) is 6.89. The van der Waals surface area contributed by atoms with Crippen LogP contribution in [0.15, 0.2) is 11.1 Å². The molecule has 0 saturated carbocycles. The summed E-state index contributed by atoms with van der Waals surface area (Å²) in [6.45, 7) is -0.649. The van der Waals surface area contributed by atoms with E-state index in [-0.39, 0.29) is 10.4 Å². The number of nitrogens with zero attached hydrogens (tertiary/aromatic N) is 4. The summed E-state index contributed by atoms with van der Waals surface area (Å²) in [6.07, 6.45) is -4.71. The van der Waals surface area contributed by atoms with E-state index in [1.54, 1.807) is 0 Å². The number of phosphoric acid groups is 3. The van der Waals surface area contributed by atoms with Gasteiger partial charge in [-0.05, 0) is 0 Å². The van der Waals surface area contributed by atoms with Gasteiger partial charge >= 0.3 is 29.0 Å². The van der Waals surface area contributed by atoms with E-state index in [0.717, 1.165) is 10.9 Å². The van der Waals surface area contributed by atoms with Crippen LogP contribution >= 0.6 is 23.5 Å². The molecule has 9 N–H and O–H groups in total. The first-order chi connectivity index (χ1) is 15.1.